The maximum atomic E-state index is 9.14. The molecule has 0 amide bonds. The Morgan fingerprint density at radius 3 is 0.765 bits per heavy atom. The molecule has 8 heteroatoms. The van der Waals surface area contributed by atoms with Crippen molar-refractivity contribution in [2.24, 2.45) is 0 Å². The van der Waals surface area contributed by atoms with Crippen LogP contribution in [-0.4, -0.2) is 26.3 Å². The number of halogens is 1. The van der Waals surface area contributed by atoms with Crippen LogP contribution in [0.15, 0.2) is 38.0 Å². The Morgan fingerprint density at radius 1 is 0.706 bits per heavy atom. The summed E-state index contributed by atoms with van der Waals surface area (Å²) in [7, 11) is 0. The monoisotopic (exact) mass is 244 g/mol. The summed E-state index contributed by atoms with van der Waals surface area (Å²) < 4.78 is 0. The summed E-state index contributed by atoms with van der Waals surface area (Å²) in [5.74, 6) is -3.69. The van der Waals surface area contributed by atoms with Crippen LogP contribution in [0.5, 0.6) is 0 Å². The second-order valence-electron chi connectivity index (χ2n) is 1.57. The Morgan fingerprint density at radius 2 is 0.765 bits per heavy atom. The van der Waals surface area contributed by atoms with Gasteiger partial charge in [-0.05, 0) is 18.2 Å². The van der Waals surface area contributed by atoms with Gasteiger partial charge in [-0.1, -0.05) is 19.7 Å². The molecule has 0 atom stereocenters. The minimum absolute atomic E-state index is 0. The summed E-state index contributed by atoms with van der Waals surface area (Å²) in [6.45, 7) is 8.69. The maximum absolute atomic E-state index is 9.14. The van der Waals surface area contributed by atoms with Crippen molar-refractivity contribution in [3.63, 3.8) is 0 Å². The first kappa shape index (κ1) is 29.3. The number of hydrogen-bond acceptors (Lipinski definition) is 6. The normalized spacial score (nSPS) is 5.65. The van der Waals surface area contributed by atoms with E-state index in [0.29, 0.717) is 0 Å². The molecule has 0 radical (unpaired) electrons. The van der Waals surface area contributed by atoms with E-state index in [9.17, 15) is 0 Å². The molecule has 92 valence electrons. The zero-order valence-electron chi connectivity index (χ0n) is 8.79. The first-order valence-electron chi connectivity index (χ1n) is 3.32. The van der Waals surface area contributed by atoms with Crippen molar-refractivity contribution < 1.29 is 34.4 Å². The van der Waals surface area contributed by atoms with Crippen molar-refractivity contribution >= 4 is 26.3 Å². The second-order valence-corrected chi connectivity index (χ2v) is 1.57. The van der Waals surface area contributed by atoms with E-state index in [4.69, 9.17) is 29.7 Å². The molecule has 0 aliphatic rings. The number of hydrogen-bond donors (Lipinski definition) is 0. The standard InChI is InChI=1S/3C3H4O2.B.FH/c3*1-2-3(4)5;;/h3*2H,1H2,(H,4,5);;1H/q;;;+3;/p-3. The van der Waals surface area contributed by atoms with E-state index in [-0.39, 0.29) is 13.1 Å². The first-order chi connectivity index (χ1) is 6.81. The average Bonchev–Trinajstić information content (AvgIpc) is 2.19. The van der Waals surface area contributed by atoms with Crippen LogP contribution in [0, 0.1) is 0 Å². The molecular formula is C9H10BFO6. The van der Waals surface area contributed by atoms with Gasteiger partial charge in [0.1, 0.15) is 0 Å². The number of rotatable bonds is 3. The van der Waals surface area contributed by atoms with Gasteiger partial charge in [0.05, 0.1) is 17.9 Å². The second kappa shape index (κ2) is 23.4. The molecule has 0 fully saturated rings. The van der Waals surface area contributed by atoms with Gasteiger partial charge < -0.3 is 29.7 Å². The molecular weight excluding hydrogens is 234 g/mol. The zero-order chi connectivity index (χ0) is 12.9. The zero-order valence-corrected chi connectivity index (χ0v) is 8.79. The van der Waals surface area contributed by atoms with E-state index in [2.05, 4.69) is 19.7 Å². The van der Waals surface area contributed by atoms with Gasteiger partial charge in [-0.3, -0.25) is 4.70 Å². The van der Waals surface area contributed by atoms with Crippen molar-refractivity contribution in [2.75, 3.05) is 0 Å². The molecule has 0 N–H and O–H groups in total. The molecule has 0 unspecified atom stereocenters. The van der Waals surface area contributed by atoms with Crippen LogP contribution >= 0.6 is 0 Å². The van der Waals surface area contributed by atoms with Crippen LogP contribution in [0.4, 0.5) is 4.70 Å². The summed E-state index contributed by atoms with van der Waals surface area (Å²) in [6.07, 6.45) is 2.17. The Kier molecular flexibility index (Phi) is 40.4. The van der Waals surface area contributed by atoms with Gasteiger partial charge in [0.15, 0.2) is 0 Å². The van der Waals surface area contributed by atoms with Crippen molar-refractivity contribution in [2.45, 2.75) is 0 Å². The third-order valence-corrected chi connectivity index (χ3v) is 0.500. The van der Waals surface area contributed by atoms with Crippen molar-refractivity contribution in [1.29, 1.82) is 0 Å². The van der Waals surface area contributed by atoms with Crippen LogP contribution in [0.3, 0.4) is 0 Å². The van der Waals surface area contributed by atoms with E-state index < -0.39 is 17.9 Å². The minimum Gasteiger partial charge on any atom is -0.545 e. The summed E-state index contributed by atoms with van der Waals surface area (Å²) >= 11 is 0. The van der Waals surface area contributed by atoms with E-state index >= 15 is 0 Å². The SMILES string of the molecule is C=CC(=O)[O-].C=CC(=O)[O-].C=CC(=O)[O-].F.[B+3]. The molecule has 0 rings (SSSR count). The third-order valence-electron chi connectivity index (χ3n) is 0.500. The Bertz CT molecular complexity index is 221. The van der Waals surface area contributed by atoms with E-state index in [0.717, 1.165) is 18.2 Å². The van der Waals surface area contributed by atoms with Gasteiger partial charge in [-0.25, -0.2) is 0 Å². The van der Waals surface area contributed by atoms with Crippen LogP contribution in [-0.2, 0) is 14.4 Å². The third kappa shape index (κ3) is 140. The molecule has 0 aliphatic carbocycles. The predicted octanol–water partition coefficient (Wildman–Crippen LogP) is -3.46. The quantitative estimate of drug-likeness (QED) is 0.375. The van der Waals surface area contributed by atoms with Crippen molar-refractivity contribution in [1.82, 2.24) is 0 Å². The van der Waals surface area contributed by atoms with E-state index in [1.807, 2.05) is 0 Å². The van der Waals surface area contributed by atoms with Crippen LogP contribution in [0.2, 0.25) is 0 Å². The van der Waals surface area contributed by atoms with Crippen molar-refractivity contribution in [3.05, 3.63) is 38.0 Å². The number of carboxylic acid groups (broad SMARTS) is 3. The van der Waals surface area contributed by atoms with Gasteiger partial charge in [-0.2, -0.15) is 0 Å². The fourth-order valence-corrected chi connectivity index (χ4v) is 0. The minimum atomic E-state index is -1.23. The molecule has 17 heavy (non-hydrogen) atoms. The number of carbonyl (C=O) groups excluding carboxylic acids is 3. The molecule has 0 aromatic rings. The molecule has 0 saturated heterocycles. The Labute approximate surface area is 99.5 Å². The molecule has 0 saturated carbocycles. The average molecular weight is 244 g/mol. The van der Waals surface area contributed by atoms with Gasteiger partial charge in [-0.15, -0.1) is 0 Å². The van der Waals surface area contributed by atoms with Crippen LogP contribution in [0.1, 0.15) is 0 Å². The maximum Gasteiger partial charge on any atom is 3.00 e. The molecule has 0 aliphatic heterocycles. The number of aliphatic carboxylic acids is 3. The summed E-state index contributed by atoms with van der Waals surface area (Å²) in [4.78, 5) is 27.4. The molecule has 0 aromatic carbocycles. The van der Waals surface area contributed by atoms with Gasteiger partial charge in [0.25, 0.3) is 0 Å². The van der Waals surface area contributed by atoms with Crippen LogP contribution in [0.25, 0.3) is 0 Å². The van der Waals surface area contributed by atoms with Crippen molar-refractivity contribution in [3.8, 4) is 0 Å². The number of carboxylic acids is 3. The summed E-state index contributed by atoms with van der Waals surface area (Å²) in [6, 6.07) is 0. The van der Waals surface area contributed by atoms with Gasteiger partial charge in [0, 0.05) is 0 Å². The topological polar surface area (TPSA) is 120 Å². The molecule has 0 aromatic heterocycles. The summed E-state index contributed by atoms with van der Waals surface area (Å²) in [5, 5.41) is 27.4. The molecule has 0 heterocycles. The molecule has 0 bridgehead atoms. The fourth-order valence-electron chi connectivity index (χ4n) is 0. The fraction of sp³-hybridized carbons (Fsp3) is 0. The van der Waals surface area contributed by atoms with E-state index in [1.54, 1.807) is 0 Å². The molecule has 6 nitrogen and oxygen atoms in total. The molecule has 0 spiro atoms. The Balaban J connectivity index is -0.0000000400. The predicted molar refractivity (Wildman–Crippen MR) is 53.9 cm³/mol. The van der Waals surface area contributed by atoms with E-state index in [1.165, 1.54) is 0 Å². The number of carbonyl (C=O) groups is 3. The smallest absolute Gasteiger partial charge is 0.545 e. The van der Waals surface area contributed by atoms with Gasteiger partial charge in [0.2, 0.25) is 0 Å². The van der Waals surface area contributed by atoms with Gasteiger partial charge >= 0.3 is 8.41 Å². The summed E-state index contributed by atoms with van der Waals surface area (Å²) in [5.41, 5.74) is 0. The van der Waals surface area contributed by atoms with Crippen LogP contribution < -0.4 is 15.3 Å². The Hall–Kier alpha value is -2.38. The largest absolute Gasteiger partial charge is 3.00 e. The first-order valence-corrected chi connectivity index (χ1v) is 3.32.